The Kier molecular flexibility index (Phi) is 7.02. The summed E-state index contributed by atoms with van der Waals surface area (Å²) in [5.41, 5.74) is -0.135. The van der Waals surface area contributed by atoms with Crippen LogP contribution in [-0.2, 0) is 17.4 Å². The molecule has 0 aliphatic carbocycles. The molecule has 1 fully saturated rings. The first kappa shape index (κ1) is 22.8. The fraction of sp³-hybridized carbons (Fsp3) is 0.556. The van der Waals surface area contributed by atoms with Crippen molar-refractivity contribution in [2.75, 3.05) is 26.2 Å². The van der Waals surface area contributed by atoms with E-state index in [1.54, 1.807) is 6.92 Å². The van der Waals surface area contributed by atoms with Crippen LogP contribution in [0.4, 0.5) is 31.1 Å². The number of halogens is 6. The Morgan fingerprint density at radius 3 is 1.97 bits per heavy atom. The van der Waals surface area contributed by atoms with Gasteiger partial charge in [0.05, 0.1) is 5.56 Å². The lowest BCUT2D eigenvalue weighted by Gasteiger charge is -2.35. The van der Waals surface area contributed by atoms with Gasteiger partial charge < -0.3 is 15.1 Å². The van der Waals surface area contributed by atoms with Crippen LogP contribution >= 0.6 is 0 Å². The first-order valence-corrected chi connectivity index (χ1v) is 8.91. The second kappa shape index (κ2) is 8.91. The number of carbonyl (C=O) groups excluding carboxylic acids is 2. The van der Waals surface area contributed by atoms with Gasteiger partial charge in [-0.2, -0.15) is 26.3 Å². The first-order valence-electron chi connectivity index (χ1n) is 8.91. The van der Waals surface area contributed by atoms with Crippen molar-refractivity contribution in [3.8, 4) is 0 Å². The third kappa shape index (κ3) is 7.13. The Bertz CT molecular complexity index is 710. The van der Waals surface area contributed by atoms with Crippen molar-refractivity contribution in [2.45, 2.75) is 38.2 Å². The van der Waals surface area contributed by atoms with Gasteiger partial charge in [-0.15, -0.1) is 0 Å². The van der Waals surface area contributed by atoms with Crippen molar-refractivity contribution in [1.82, 2.24) is 15.1 Å². The number of piperazine rings is 1. The standard InChI is InChI=1S/C18H21F6N3O2/c1-12(10-13-2-4-14(5-3-13)18(22,23)24)25-16(29)27-8-6-26(7-9-27)15(28)11-17(19,20)21/h2-5,12H,6-11H2,1H3,(H,25,29). The predicted octanol–water partition coefficient (Wildman–Crippen LogP) is 3.44. The summed E-state index contributed by atoms with van der Waals surface area (Å²) in [5.74, 6) is -1.02. The molecule has 0 spiro atoms. The maximum absolute atomic E-state index is 12.6. The number of carbonyl (C=O) groups is 2. The first-order chi connectivity index (χ1) is 13.3. The van der Waals surface area contributed by atoms with E-state index in [0.29, 0.717) is 12.0 Å². The van der Waals surface area contributed by atoms with Crippen molar-refractivity contribution in [2.24, 2.45) is 0 Å². The number of nitrogens with zero attached hydrogens (tertiary/aromatic N) is 2. The largest absolute Gasteiger partial charge is 0.416 e. The van der Waals surface area contributed by atoms with Crippen LogP contribution < -0.4 is 5.32 Å². The van der Waals surface area contributed by atoms with Crippen molar-refractivity contribution >= 4 is 11.9 Å². The second-order valence-electron chi connectivity index (χ2n) is 6.91. The van der Waals surface area contributed by atoms with Gasteiger partial charge in [0.2, 0.25) is 5.91 Å². The summed E-state index contributed by atoms with van der Waals surface area (Å²) in [6.45, 7) is 1.91. The molecule has 0 radical (unpaired) electrons. The Labute approximate surface area is 163 Å². The lowest BCUT2D eigenvalue weighted by molar-refractivity contribution is -0.162. The summed E-state index contributed by atoms with van der Waals surface area (Å²) >= 11 is 0. The van der Waals surface area contributed by atoms with Crippen molar-refractivity contribution in [3.05, 3.63) is 35.4 Å². The molecule has 1 atom stereocenters. The maximum atomic E-state index is 12.6. The van der Waals surface area contributed by atoms with Gasteiger partial charge in [0, 0.05) is 32.2 Å². The van der Waals surface area contributed by atoms with Gasteiger partial charge in [0.15, 0.2) is 0 Å². The molecule has 1 unspecified atom stereocenters. The summed E-state index contributed by atoms with van der Waals surface area (Å²) in [7, 11) is 0. The molecule has 1 N–H and O–H groups in total. The van der Waals surface area contributed by atoms with Gasteiger partial charge >= 0.3 is 18.4 Å². The highest BCUT2D eigenvalue weighted by Crippen LogP contribution is 2.29. The molecule has 1 aliphatic heterocycles. The monoisotopic (exact) mass is 425 g/mol. The third-order valence-corrected chi connectivity index (χ3v) is 4.46. The summed E-state index contributed by atoms with van der Waals surface area (Å²) in [6.07, 6.45) is -10.2. The normalized spacial score (nSPS) is 16.5. The van der Waals surface area contributed by atoms with Gasteiger partial charge in [0.25, 0.3) is 0 Å². The van der Waals surface area contributed by atoms with Crippen LogP contribution in [0.3, 0.4) is 0 Å². The van der Waals surface area contributed by atoms with E-state index in [2.05, 4.69) is 5.32 Å². The fourth-order valence-electron chi connectivity index (χ4n) is 2.98. The molecular formula is C18H21F6N3O2. The minimum atomic E-state index is -4.57. The number of hydrogen-bond acceptors (Lipinski definition) is 2. The van der Waals surface area contributed by atoms with E-state index in [0.717, 1.165) is 17.0 Å². The van der Waals surface area contributed by atoms with Gasteiger partial charge in [-0.3, -0.25) is 4.79 Å². The molecule has 1 heterocycles. The molecular weight excluding hydrogens is 404 g/mol. The Morgan fingerprint density at radius 2 is 1.48 bits per heavy atom. The molecule has 0 bridgehead atoms. The number of amides is 3. The molecule has 1 aromatic rings. The van der Waals surface area contributed by atoms with E-state index in [1.807, 2.05) is 0 Å². The highest BCUT2D eigenvalue weighted by molar-refractivity contribution is 5.78. The predicted molar refractivity (Wildman–Crippen MR) is 92.0 cm³/mol. The molecule has 0 aromatic heterocycles. The van der Waals surface area contributed by atoms with E-state index in [9.17, 15) is 35.9 Å². The van der Waals surface area contributed by atoms with E-state index in [-0.39, 0.29) is 32.2 Å². The quantitative estimate of drug-likeness (QED) is 0.752. The average Bonchev–Trinajstić information content (AvgIpc) is 2.60. The van der Waals surface area contributed by atoms with Crippen LogP contribution in [0.15, 0.2) is 24.3 Å². The van der Waals surface area contributed by atoms with Crippen LogP contribution in [0.5, 0.6) is 0 Å². The van der Waals surface area contributed by atoms with E-state index in [4.69, 9.17) is 0 Å². The van der Waals surface area contributed by atoms with Gasteiger partial charge in [-0.05, 0) is 31.0 Å². The summed E-state index contributed by atoms with van der Waals surface area (Å²) in [6, 6.07) is 3.83. The summed E-state index contributed by atoms with van der Waals surface area (Å²) in [4.78, 5) is 26.3. The second-order valence-corrected chi connectivity index (χ2v) is 6.91. The molecule has 1 aromatic carbocycles. The minimum Gasteiger partial charge on any atom is -0.339 e. The molecule has 0 saturated carbocycles. The number of urea groups is 1. The fourth-order valence-corrected chi connectivity index (χ4v) is 2.98. The molecule has 1 aliphatic rings. The Hall–Kier alpha value is -2.46. The third-order valence-electron chi connectivity index (χ3n) is 4.46. The Balaban J connectivity index is 1.79. The lowest BCUT2D eigenvalue weighted by atomic mass is 10.1. The molecule has 3 amide bonds. The summed E-state index contributed by atoms with van der Waals surface area (Å²) < 4.78 is 74.6. The van der Waals surface area contributed by atoms with Crippen molar-refractivity contribution in [3.63, 3.8) is 0 Å². The number of nitrogens with one attached hydrogen (secondary N) is 1. The number of benzene rings is 1. The van der Waals surface area contributed by atoms with E-state index >= 15 is 0 Å². The maximum Gasteiger partial charge on any atom is 0.416 e. The molecule has 29 heavy (non-hydrogen) atoms. The smallest absolute Gasteiger partial charge is 0.339 e. The molecule has 5 nitrogen and oxygen atoms in total. The number of rotatable bonds is 4. The summed E-state index contributed by atoms with van der Waals surface area (Å²) in [5, 5.41) is 2.71. The molecule has 1 saturated heterocycles. The number of hydrogen-bond donors (Lipinski definition) is 1. The average molecular weight is 425 g/mol. The SMILES string of the molecule is CC(Cc1ccc(C(F)(F)F)cc1)NC(=O)N1CCN(C(=O)CC(F)(F)F)CC1. The highest BCUT2D eigenvalue weighted by Gasteiger charge is 2.35. The van der Waals surface area contributed by atoms with Crippen LogP contribution in [0.25, 0.3) is 0 Å². The van der Waals surface area contributed by atoms with Crippen LogP contribution in [-0.4, -0.2) is 60.1 Å². The zero-order chi connectivity index (χ0) is 21.8. The zero-order valence-corrected chi connectivity index (χ0v) is 15.6. The molecule has 162 valence electrons. The number of alkyl halides is 6. The minimum absolute atomic E-state index is 0.00954. The van der Waals surface area contributed by atoms with Crippen molar-refractivity contribution < 1.29 is 35.9 Å². The van der Waals surface area contributed by atoms with Crippen LogP contribution in [0.2, 0.25) is 0 Å². The Morgan fingerprint density at radius 1 is 0.966 bits per heavy atom. The van der Waals surface area contributed by atoms with Gasteiger partial charge in [0.1, 0.15) is 6.42 Å². The van der Waals surface area contributed by atoms with Crippen molar-refractivity contribution in [1.29, 1.82) is 0 Å². The van der Waals surface area contributed by atoms with E-state index < -0.39 is 36.3 Å². The topological polar surface area (TPSA) is 52.7 Å². The van der Waals surface area contributed by atoms with Gasteiger partial charge in [-0.1, -0.05) is 12.1 Å². The zero-order valence-electron chi connectivity index (χ0n) is 15.6. The van der Waals surface area contributed by atoms with Crippen LogP contribution in [0, 0.1) is 0 Å². The lowest BCUT2D eigenvalue weighted by Crippen LogP contribution is -2.54. The molecule has 11 heteroatoms. The van der Waals surface area contributed by atoms with E-state index in [1.165, 1.54) is 17.0 Å². The van der Waals surface area contributed by atoms with Gasteiger partial charge in [-0.25, -0.2) is 4.79 Å². The highest BCUT2D eigenvalue weighted by atomic mass is 19.4. The molecule has 2 rings (SSSR count). The van der Waals surface area contributed by atoms with Crippen LogP contribution in [0.1, 0.15) is 24.5 Å².